The summed E-state index contributed by atoms with van der Waals surface area (Å²) in [6, 6.07) is 5.24. The number of ether oxygens (including phenoxy) is 1. The molecule has 1 rings (SSSR count). The number of nitrogens with two attached hydrogens (primary N) is 1. The van der Waals surface area contributed by atoms with E-state index in [4.69, 9.17) is 15.6 Å². The van der Waals surface area contributed by atoms with Crippen molar-refractivity contribution in [2.45, 2.75) is 6.04 Å². The first-order valence-corrected chi connectivity index (χ1v) is 5.32. The lowest BCUT2D eigenvalue weighted by molar-refractivity contribution is -0.120. The number of hydrogen-bond acceptors (Lipinski definition) is 4. The Bertz CT molecular complexity index is 430. The lowest BCUT2D eigenvalue weighted by Crippen LogP contribution is -2.44. The Balaban J connectivity index is 2.80. The first kappa shape index (κ1) is 14.1. The Hall–Kier alpha value is -1.92. The minimum absolute atomic E-state index is 0.135. The van der Waals surface area contributed by atoms with Crippen molar-refractivity contribution in [2.75, 3.05) is 25.7 Å². The van der Waals surface area contributed by atoms with E-state index in [9.17, 15) is 9.59 Å². The molecule has 0 aliphatic rings. The predicted molar refractivity (Wildman–Crippen MR) is 66.7 cm³/mol. The highest BCUT2D eigenvalue weighted by Crippen LogP contribution is 2.14. The van der Waals surface area contributed by atoms with Gasteiger partial charge < -0.3 is 20.5 Å². The third kappa shape index (κ3) is 3.28. The molecular formula is C12H16N2O4. The number of rotatable bonds is 5. The molecule has 6 nitrogen and oxygen atoms in total. The predicted octanol–water partition coefficient (Wildman–Crippen LogP) is 0.321. The molecule has 1 aromatic rings. The SMILES string of the molecule is COCC(N)C(=O)N(C)c1ccc(C(=O)O)cc1. The summed E-state index contributed by atoms with van der Waals surface area (Å²) in [6.07, 6.45) is 0. The van der Waals surface area contributed by atoms with Gasteiger partial charge in [0, 0.05) is 19.8 Å². The minimum Gasteiger partial charge on any atom is -0.478 e. The number of hydrogen-bond donors (Lipinski definition) is 2. The molecule has 1 aromatic carbocycles. The van der Waals surface area contributed by atoms with Crippen molar-refractivity contribution in [3.05, 3.63) is 29.8 Å². The highest BCUT2D eigenvalue weighted by Gasteiger charge is 2.19. The van der Waals surface area contributed by atoms with E-state index in [1.807, 2.05) is 0 Å². The molecule has 0 spiro atoms. The maximum Gasteiger partial charge on any atom is 0.335 e. The van der Waals surface area contributed by atoms with Gasteiger partial charge in [-0.15, -0.1) is 0 Å². The maximum absolute atomic E-state index is 11.9. The Kier molecular flexibility index (Phi) is 4.82. The average Bonchev–Trinajstić information content (AvgIpc) is 2.37. The van der Waals surface area contributed by atoms with Crippen LogP contribution in [0.15, 0.2) is 24.3 Å². The van der Waals surface area contributed by atoms with Gasteiger partial charge in [0.25, 0.3) is 0 Å². The molecule has 1 unspecified atom stereocenters. The summed E-state index contributed by atoms with van der Waals surface area (Å²) in [5.74, 6) is -1.30. The zero-order valence-electron chi connectivity index (χ0n) is 10.3. The normalized spacial score (nSPS) is 11.9. The summed E-state index contributed by atoms with van der Waals surface area (Å²) in [4.78, 5) is 23.9. The Morgan fingerprint density at radius 3 is 2.39 bits per heavy atom. The van der Waals surface area contributed by atoms with E-state index in [2.05, 4.69) is 0 Å². The molecule has 98 valence electrons. The van der Waals surface area contributed by atoms with Crippen LogP contribution in [0, 0.1) is 0 Å². The van der Waals surface area contributed by atoms with Crippen molar-refractivity contribution < 1.29 is 19.4 Å². The van der Waals surface area contributed by atoms with Crippen LogP contribution in [0.5, 0.6) is 0 Å². The van der Waals surface area contributed by atoms with E-state index >= 15 is 0 Å². The second-order valence-corrected chi connectivity index (χ2v) is 3.81. The van der Waals surface area contributed by atoms with Gasteiger partial charge in [0.2, 0.25) is 5.91 Å². The van der Waals surface area contributed by atoms with Crippen molar-refractivity contribution in [1.29, 1.82) is 0 Å². The number of amides is 1. The van der Waals surface area contributed by atoms with Crippen molar-refractivity contribution in [2.24, 2.45) is 5.73 Å². The summed E-state index contributed by atoms with van der Waals surface area (Å²) >= 11 is 0. The lowest BCUT2D eigenvalue weighted by Gasteiger charge is -2.21. The summed E-state index contributed by atoms with van der Waals surface area (Å²) in [7, 11) is 3.04. The van der Waals surface area contributed by atoms with Gasteiger partial charge in [-0.25, -0.2) is 4.79 Å². The number of anilines is 1. The number of likely N-dealkylation sites (N-methyl/N-ethyl adjacent to an activating group) is 1. The average molecular weight is 252 g/mol. The number of methoxy groups -OCH3 is 1. The largest absolute Gasteiger partial charge is 0.478 e. The molecule has 0 saturated heterocycles. The van der Waals surface area contributed by atoms with Gasteiger partial charge in [0.05, 0.1) is 12.2 Å². The molecular weight excluding hydrogens is 236 g/mol. The molecule has 3 N–H and O–H groups in total. The van der Waals surface area contributed by atoms with Gasteiger partial charge >= 0.3 is 5.97 Å². The van der Waals surface area contributed by atoms with E-state index in [0.29, 0.717) is 5.69 Å². The summed E-state index contributed by atoms with van der Waals surface area (Å²) in [5, 5.41) is 8.76. The molecule has 18 heavy (non-hydrogen) atoms. The van der Waals surface area contributed by atoms with Crippen LogP contribution < -0.4 is 10.6 Å². The number of carboxylic acids is 1. The molecule has 0 aromatic heterocycles. The summed E-state index contributed by atoms with van der Waals surface area (Å²) < 4.78 is 4.81. The van der Waals surface area contributed by atoms with Gasteiger partial charge in [-0.3, -0.25) is 4.79 Å². The van der Waals surface area contributed by atoms with Crippen molar-refractivity contribution in [1.82, 2.24) is 0 Å². The summed E-state index contributed by atoms with van der Waals surface area (Å²) in [6.45, 7) is 0.135. The van der Waals surface area contributed by atoms with Crippen molar-refractivity contribution >= 4 is 17.6 Å². The first-order valence-electron chi connectivity index (χ1n) is 5.32. The minimum atomic E-state index is -1.01. The number of carbonyl (C=O) groups excluding carboxylic acids is 1. The fourth-order valence-corrected chi connectivity index (χ4v) is 1.45. The number of carboxylic acid groups (broad SMARTS) is 1. The van der Waals surface area contributed by atoms with Crippen LogP contribution in [-0.4, -0.2) is 43.8 Å². The molecule has 0 aliphatic heterocycles. The van der Waals surface area contributed by atoms with Crippen molar-refractivity contribution in [3.63, 3.8) is 0 Å². The van der Waals surface area contributed by atoms with Crippen LogP contribution in [0.4, 0.5) is 5.69 Å². The number of carbonyl (C=O) groups is 2. The Labute approximate surface area is 105 Å². The number of aromatic carboxylic acids is 1. The first-order chi connectivity index (χ1) is 8.47. The molecule has 1 atom stereocenters. The molecule has 0 bridgehead atoms. The second-order valence-electron chi connectivity index (χ2n) is 3.81. The van der Waals surface area contributed by atoms with Gasteiger partial charge in [-0.2, -0.15) is 0 Å². The van der Waals surface area contributed by atoms with Gasteiger partial charge in [0.1, 0.15) is 6.04 Å². The van der Waals surface area contributed by atoms with E-state index in [0.717, 1.165) is 0 Å². The third-order valence-corrected chi connectivity index (χ3v) is 2.50. The summed E-state index contributed by atoms with van der Waals surface area (Å²) in [5.41, 5.74) is 6.38. The molecule has 0 aliphatic carbocycles. The van der Waals surface area contributed by atoms with E-state index in [1.165, 1.54) is 24.1 Å². The van der Waals surface area contributed by atoms with E-state index in [1.54, 1.807) is 19.2 Å². The molecule has 0 saturated carbocycles. The smallest absolute Gasteiger partial charge is 0.335 e. The van der Waals surface area contributed by atoms with Gasteiger partial charge in [0.15, 0.2) is 0 Å². The van der Waals surface area contributed by atoms with Crippen LogP contribution in [0.1, 0.15) is 10.4 Å². The van der Waals surface area contributed by atoms with E-state index in [-0.39, 0.29) is 18.1 Å². The van der Waals surface area contributed by atoms with Crippen LogP contribution in [0.3, 0.4) is 0 Å². The van der Waals surface area contributed by atoms with Crippen molar-refractivity contribution in [3.8, 4) is 0 Å². The standard InChI is InChI=1S/C12H16N2O4/c1-14(11(15)10(13)7-18-2)9-5-3-8(4-6-9)12(16)17/h3-6,10H,7,13H2,1-2H3,(H,16,17). The lowest BCUT2D eigenvalue weighted by atomic mass is 10.2. The Morgan fingerprint density at radius 2 is 1.94 bits per heavy atom. The molecule has 6 heteroatoms. The number of nitrogens with zero attached hydrogens (tertiary/aromatic N) is 1. The third-order valence-electron chi connectivity index (χ3n) is 2.50. The van der Waals surface area contributed by atoms with Crippen LogP contribution in [-0.2, 0) is 9.53 Å². The fourth-order valence-electron chi connectivity index (χ4n) is 1.45. The quantitative estimate of drug-likeness (QED) is 0.787. The van der Waals surface area contributed by atoms with Gasteiger partial charge in [-0.1, -0.05) is 0 Å². The molecule has 0 fully saturated rings. The van der Waals surface area contributed by atoms with Crippen LogP contribution in [0.2, 0.25) is 0 Å². The topological polar surface area (TPSA) is 92.9 Å². The highest BCUT2D eigenvalue weighted by atomic mass is 16.5. The number of benzene rings is 1. The van der Waals surface area contributed by atoms with Gasteiger partial charge in [-0.05, 0) is 24.3 Å². The molecule has 0 heterocycles. The zero-order valence-corrected chi connectivity index (χ0v) is 10.3. The fraction of sp³-hybridized carbons (Fsp3) is 0.333. The van der Waals surface area contributed by atoms with Crippen LogP contribution in [0.25, 0.3) is 0 Å². The van der Waals surface area contributed by atoms with Crippen LogP contribution >= 0.6 is 0 Å². The van der Waals surface area contributed by atoms with E-state index < -0.39 is 12.0 Å². The monoisotopic (exact) mass is 252 g/mol. The zero-order chi connectivity index (χ0) is 13.7. The second kappa shape index (κ2) is 6.13. The maximum atomic E-state index is 11.9. The molecule has 1 amide bonds. The molecule has 0 radical (unpaired) electrons. The Morgan fingerprint density at radius 1 is 1.39 bits per heavy atom. The highest BCUT2D eigenvalue weighted by molar-refractivity contribution is 5.97.